The molecule has 0 spiro atoms. The molecule has 2 aromatic rings. The third-order valence-corrected chi connectivity index (χ3v) is 3.59. The number of hydrogen-bond acceptors (Lipinski definition) is 2. The fraction of sp³-hybridized carbons (Fsp3) is 0.200. The second-order valence-electron chi connectivity index (χ2n) is 4.07. The first kappa shape index (κ1) is 14.4. The van der Waals surface area contributed by atoms with E-state index in [9.17, 15) is 0 Å². The van der Waals surface area contributed by atoms with E-state index in [1.165, 1.54) is 5.56 Å². The van der Waals surface area contributed by atoms with Crippen LogP contribution in [0.1, 0.15) is 5.56 Å². The second kappa shape index (κ2) is 7.53. The standard InChI is InChI=1S/C15H15BrClNO/c16-15-10-13(17)7-6-12(15)11-18-8-9-19-14-4-2-1-3-5-14/h1-7,10,18H,8-9,11H2. The Morgan fingerprint density at radius 1 is 1.11 bits per heavy atom. The van der Waals surface area contributed by atoms with Gasteiger partial charge in [0.15, 0.2) is 0 Å². The molecule has 0 aliphatic heterocycles. The van der Waals surface area contributed by atoms with Crippen LogP contribution in [-0.2, 0) is 6.54 Å². The zero-order valence-corrected chi connectivity index (χ0v) is 12.7. The number of benzene rings is 2. The van der Waals surface area contributed by atoms with Crippen LogP contribution in [0.3, 0.4) is 0 Å². The van der Waals surface area contributed by atoms with Crippen molar-refractivity contribution in [1.82, 2.24) is 5.32 Å². The first-order valence-electron chi connectivity index (χ1n) is 6.08. The number of ether oxygens (including phenoxy) is 1. The van der Waals surface area contributed by atoms with Crippen molar-refractivity contribution in [3.05, 3.63) is 63.6 Å². The van der Waals surface area contributed by atoms with Crippen LogP contribution in [0, 0.1) is 0 Å². The lowest BCUT2D eigenvalue weighted by Crippen LogP contribution is -2.20. The molecule has 0 aliphatic carbocycles. The molecule has 0 fully saturated rings. The minimum Gasteiger partial charge on any atom is -0.492 e. The molecule has 19 heavy (non-hydrogen) atoms. The molecular formula is C15H15BrClNO. The Labute approximate surface area is 126 Å². The number of hydrogen-bond donors (Lipinski definition) is 1. The summed E-state index contributed by atoms with van der Waals surface area (Å²) in [7, 11) is 0. The van der Waals surface area contributed by atoms with Crippen molar-refractivity contribution in [2.75, 3.05) is 13.2 Å². The summed E-state index contributed by atoms with van der Waals surface area (Å²) in [6, 6.07) is 15.6. The van der Waals surface area contributed by atoms with Gasteiger partial charge in [0.2, 0.25) is 0 Å². The molecule has 4 heteroatoms. The van der Waals surface area contributed by atoms with Gasteiger partial charge in [-0.1, -0.05) is 51.8 Å². The molecule has 0 atom stereocenters. The number of nitrogens with one attached hydrogen (secondary N) is 1. The van der Waals surface area contributed by atoms with E-state index >= 15 is 0 Å². The lowest BCUT2D eigenvalue weighted by molar-refractivity contribution is 0.313. The van der Waals surface area contributed by atoms with E-state index in [1.807, 2.05) is 48.5 Å². The van der Waals surface area contributed by atoms with Crippen LogP contribution in [0.2, 0.25) is 5.02 Å². The molecule has 0 amide bonds. The van der Waals surface area contributed by atoms with Crippen LogP contribution < -0.4 is 10.1 Å². The van der Waals surface area contributed by atoms with Crippen molar-refractivity contribution in [2.24, 2.45) is 0 Å². The molecule has 2 aromatic carbocycles. The van der Waals surface area contributed by atoms with Crippen molar-refractivity contribution in [3.63, 3.8) is 0 Å². The average molecular weight is 341 g/mol. The zero-order valence-electron chi connectivity index (χ0n) is 10.4. The summed E-state index contributed by atoms with van der Waals surface area (Å²) >= 11 is 9.40. The lowest BCUT2D eigenvalue weighted by atomic mass is 10.2. The molecule has 100 valence electrons. The number of halogens is 2. The first-order chi connectivity index (χ1) is 9.25. The molecule has 0 aliphatic rings. The fourth-order valence-electron chi connectivity index (χ4n) is 1.65. The van der Waals surface area contributed by atoms with Crippen LogP contribution in [0.5, 0.6) is 5.75 Å². The molecule has 2 nitrogen and oxygen atoms in total. The third-order valence-electron chi connectivity index (χ3n) is 2.62. The highest BCUT2D eigenvalue weighted by atomic mass is 79.9. The summed E-state index contributed by atoms with van der Waals surface area (Å²) in [6.07, 6.45) is 0. The third kappa shape index (κ3) is 4.86. The summed E-state index contributed by atoms with van der Waals surface area (Å²) in [5, 5.41) is 4.07. The van der Waals surface area contributed by atoms with E-state index in [1.54, 1.807) is 0 Å². The van der Waals surface area contributed by atoms with Gasteiger partial charge in [0, 0.05) is 22.6 Å². The van der Waals surface area contributed by atoms with Gasteiger partial charge in [0.25, 0.3) is 0 Å². The first-order valence-corrected chi connectivity index (χ1v) is 7.25. The molecule has 0 radical (unpaired) electrons. The van der Waals surface area contributed by atoms with Crippen molar-refractivity contribution in [1.29, 1.82) is 0 Å². The van der Waals surface area contributed by atoms with Crippen molar-refractivity contribution in [2.45, 2.75) is 6.54 Å². The highest BCUT2D eigenvalue weighted by Crippen LogP contribution is 2.21. The molecule has 0 saturated heterocycles. The van der Waals surface area contributed by atoms with Gasteiger partial charge in [-0.15, -0.1) is 0 Å². The Bertz CT molecular complexity index is 519. The van der Waals surface area contributed by atoms with Gasteiger partial charge < -0.3 is 10.1 Å². The second-order valence-corrected chi connectivity index (χ2v) is 5.36. The van der Waals surface area contributed by atoms with E-state index < -0.39 is 0 Å². The van der Waals surface area contributed by atoms with E-state index in [4.69, 9.17) is 16.3 Å². The minimum absolute atomic E-state index is 0.648. The Morgan fingerprint density at radius 3 is 2.63 bits per heavy atom. The van der Waals surface area contributed by atoms with E-state index in [0.29, 0.717) is 6.61 Å². The van der Waals surface area contributed by atoms with Gasteiger partial charge in [-0.2, -0.15) is 0 Å². The van der Waals surface area contributed by atoms with Crippen LogP contribution in [0.4, 0.5) is 0 Å². The summed E-state index contributed by atoms with van der Waals surface area (Å²) in [5.41, 5.74) is 1.18. The summed E-state index contributed by atoms with van der Waals surface area (Å²) < 4.78 is 6.62. The van der Waals surface area contributed by atoms with Crippen molar-refractivity contribution >= 4 is 27.5 Å². The quantitative estimate of drug-likeness (QED) is 0.793. The molecule has 0 aromatic heterocycles. The van der Waals surface area contributed by atoms with Crippen LogP contribution >= 0.6 is 27.5 Å². The van der Waals surface area contributed by atoms with Crippen LogP contribution in [0.15, 0.2) is 53.0 Å². The monoisotopic (exact) mass is 339 g/mol. The Balaban J connectivity index is 1.69. The fourth-order valence-corrected chi connectivity index (χ4v) is 2.47. The van der Waals surface area contributed by atoms with Crippen LogP contribution in [-0.4, -0.2) is 13.2 Å². The van der Waals surface area contributed by atoms with E-state index in [0.717, 1.165) is 28.3 Å². The molecule has 0 unspecified atom stereocenters. The summed E-state index contributed by atoms with van der Waals surface area (Å²) in [6.45, 7) is 2.23. The Hall–Kier alpha value is -1.03. The molecule has 0 saturated carbocycles. The number of rotatable bonds is 6. The highest BCUT2D eigenvalue weighted by Gasteiger charge is 2.00. The summed E-state index contributed by atoms with van der Waals surface area (Å²) in [4.78, 5) is 0. The Kier molecular flexibility index (Phi) is 5.70. The largest absolute Gasteiger partial charge is 0.492 e. The average Bonchev–Trinajstić information content (AvgIpc) is 2.42. The van der Waals surface area contributed by atoms with Crippen molar-refractivity contribution < 1.29 is 4.74 Å². The smallest absolute Gasteiger partial charge is 0.119 e. The molecule has 0 bridgehead atoms. The van der Waals surface area contributed by atoms with Gasteiger partial charge in [-0.25, -0.2) is 0 Å². The van der Waals surface area contributed by atoms with E-state index in [-0.39, 0.29) is 0 Å². The van der Waals surface area contributed by atoms with Gasteiger partial charge in [0.1, 0.15) is 12.4 Å². The van der Waals surface area contributed by atoms with Gasteiger partial charge >= 0.3 is 0 Å². The SMILES string of the molecule is Clc1ccc(CNCCOc2ccccc2)c(Br)c1. The molecule has 1 N–H and O–H groups in total. The predicted molar refractivity (Wildman–Crippen MR) is 82.8 cm³/mol. The number of para-hydroxylation sites is 1. The van der Waals surface area contributed by atoms with Gasteiger partial charge in [0.05, 0.1) is 0 Å². The van der Waals surface area contributed by atoms with Gasteiger partial charge in [-0.05, 0) is 29.8 Å². The zero-order chi connectivity index (χ0) is 13.5. The topological polar surface area (TPSA) is 21.3 Å². The molecule has 2 rings (SSSR count). The van der Waals surface area contributed by atoms with Gasteiger partial charge in [-0.3, -0.25) is 0 Å². The predicted octanol–water partition coefficient (Wildman–Crippen LogP) is 4.27. The minimum atomic E-state index is 0.648. The van der Waals surface area contributed by atoms with Crippen molar-refractivity contribution in [3.8, 4) is 5.75 Å². The normalized spacial score (nSPS) is 10.4. The lowest BCUT2D eigenvalue weighted by Gasteiger charge is -2.09. The molecular weight excluding hydrogens is 326 g/mol. The Morgan fingerprint density at radius 2 is 1.89 bits per heavy atom. The highest BCUT2D eigenvalue weighted by molar-refractivity contribution is 9.10. The molecule has 0 heterocycles. The van der Waals surface area contributed by atoms with E-state index in [2.05, 4.69) is 21.2 Å². The maximum Gasteiger partial charge on any atom is 0.119 e. The van der Waals surface area contributed by atoms with Crippen LogP contribution in [0.25, 0.3) is 0 Å². The summed E-state index contributed by atoms with van der Waals surface area (Å²) in [5.74, 6) is 0.900. The maximum atomic E-state index is 5.90. The maximum absolute atomic E-state index is 5.90.